The number of rotatable bonds is 6. The maximum atomic E-state index is 13.5. The molecule has 0 saturated carbocycles. The van der Waals surface area contributed by atoms with Crippen molar-refractivity contribution in [3.63, 3.8) is 0 Å². The summed E-state index contributed by atoms with van der Waals surface area (Å²) in [6.45, 7) is 7.12. The van der Waals surface area contributed by atoms with Gasteiger partial charge in [0, 0.05) is 28.2 Å². The Kier molecular flexibility index (Phi) is 9.17. The van der Waals surface area contributed by atoms with E-state index < -0.39 is 29.2 Å². The van der Waals surface area contributed by atoms with E-state index in [1.165, 1.54) is 0 Å². The van der Waals surface area contributed by atoms with E-state index in [2.05, 4.69) is 32.6 Å². The Morgan fingerprint density at radius 2 is 0.938 bits per heavy atom. The SMILES string of the molecule is Cc1cccc(-c2ccc(C(C)(C)c3ccc(-c4cccc(C)n4)c(-n4[c-]cc(C(F)(F)F)n4)n3)nc2-n2[c-]cc(C(F)(F)F)n2)n1.[Pt+2]. The number of aromatic nitrogens is 8. The monoisotopic (exact) mass is 841 g/mol. The smallest absolute Gasteiger partial charge is 0.343 e. The number of pyridine rings is 4. The van der Waals surface area contributed by atoms with Crippen molar-refractivity contribution in [3.8, 4) is 34.2 Å². The summed E-state index contributed by atoms with van der Waals surface area (Å²) in [6.07, 6.45) is -4.38. The molecule has 0 N–H and O–H groups in total. The summed E-state index contributed by atoms with van der Waals surface area (Å²) in [7, 11) is 0. The van der Waals surface area contributed by atoms with E-state index in [9.17, 15) is 26.3 Å². The summed E-state index contributed by atoms with van der Waals surface area (Å²) >= 11 is 0. The summed E-state index contributed by atoms with van der Waals surface area (Å²) in [5, 5.41) is 7.40. The standard InChI is InChI=1S/C33H24F6N8.Pt/c1-19-7-5-9-23(40-19)21-11-13-25(42-29(21)46-17-15-27(44-46)32(34,35)36)31(3,4)26-14-12-22(24-10-6-8-20(2)41-24)30(43-26)47-18-16-28(45-47)33(37,38)39;/h5-16H,1-4H3;/q-2;+2. The van der Waals surface area contributed by atoms with E-state index >= 15 is 0 Å². The minimum Gasteiger partial charge on any atom is -0.343 e. The summed E-state index contributed by atoms with van der Waals surface area (Å²) in [6, 6.07) is 18.7. The molecule has 0 bridgehead atoms. The van der Waals surface area contributed by atoms with E-state index in [0.29, 0.717) is 45.3 Å². The maximum absolute atomic E-state index is 13.5. The van der Waals surface area contributed by atoms with E-state index in [4.69, 9.17) is 9.97 Å². The van der Waals surface area contributed by atoms with Gasteiger partial charge in [0.25, 0.3) is 0 Å². The summed E-state index contributed by atoms with van der Waals surface area (Å²) < 4.78 is 82.8. The van der Waals surface area contributed by atoms with E-state index in [1.807, 2.05) is 0 Å². The van der Waals surface area contributed by atoms with Gasteiger partial charge in [-0.05, 0) is 75.2 Å². The van der Waals surface area contributed by atoms with Crippen LogP contribution in [0.1, 0.15) is 48.0 Å². The van der Waals surface area contributed by atoms with Gasteiger partial charge >= 0.3 is 33.4 Å². The van der Waals surface area contributed by atoms with Crippen LogP contribution in [0.15, 0.2) is 72.8 Å². The van der Waals surface area contributed by atoms with Gasteiger partial charge in [0.2, 0.25) is 0 Å². The van der Waals surface area contributed by atoms with Crippen LogP contribution in [0.5, 0.6) is 0 Å². The minimum absolute atomic E-state index is 0. The molecule has 6 heterocycles. The Morgan fingerprint density at radius 3 is 1.27 bits per heavy atom. The van der Waals surface area contributed by atoms with Gasteiger partial charge in [-0.15, -0.1) is 12.1 Å². The molecule has 0 unspecified atom stereocenters. The average molecular weight is 842 g/mol. The van der Waals surface area contributed by atoms with Gasteiger partial charge in [-0.3, -0.25) is 30.1 Å². The van der Waals surface area contributed by atoms with Gasteiger partial charge in [0.05, 0.1) is 34.4 Å². The van der Waals surface area contributed by atoms with Crippen LogP contribution in [0.2, 0.25) is 0 Å². The molecule has 0 amide bonds. The predicted octanol–water partition coefficient (Wildman–Crippen LogP) is 7.55. The molecule has 0 saturated heterocycles. The Balaban J connectivity index is 0.00000451. The molecule has 0 aliphatic carbocycles. The molecule has 6 rings (SSSR count). The van der Waals surface area contributed by atoms with Crippen molar-refractivity contribution in [2.75, 3.05) is 0 Å². The molecule has 0 aromatic carbocycles. The van der Waals surface area contributed by atoms with Crippen molar-refractivity contribution in [1.82, 2.24) is 39.5 Å². The predicted molar refractivity (Wildman–Crippen MR) is 158 cm³/mol. The van der Waals surface area contributed by atoms with Crippen LogP contribution >= 0.6 is 0 Å². The molecule has 0 aliphatic heterocycles. The summed E-state index contributed by atoms with van der Waals surface area (Å²) in [5.41, 5.74) is 0.510. The maximum Gasteiger partial charge on any atom is 2.00 e. The summed E-state index contributed by atoms with van der Waals surface area (Å²) in [4.78, 5) is 18.5. The van der Waals surface area contributed by atoms with Gasteiger partial charge in [0.1, 0.15) is 0 Å². The van der Waals surface area contributed by atoms with Gasteiger partial charge in [-0.2, -0.15) is 26.3 Å². The molecule has 0 atom stereocenters. The van der Waals surface area contributed by atoms with Crippen molar-refractivity contribution >= 4 is 0 Å². The molecular weight excluding hydrogens is 817 g/mol. The van der Waals surface area contributed by atoms with Crippen LogP contribution in [-0.2, 0) is 38.8 Å². The Hall–Kier alpha value is -4.71. The van der Waals surface area contributed by atoms with E-state index in [1.54, 1.807) is 88.4 Å². The fourth-order valence-electron chi connectivity index (χ4n) is 4.90. The fraction of sp³-hybridized carbons (Fsp3) is 0.212. The second-order valence-electron chi connectivity index (χ2n) is 11.2. The molecule has 6 aromatic heterocycles. The molecule has 8 nitrogen and oxygen atoms in total. The number of hydrogen-bond donors (Lipinski definition) is 0. The van der Waals surface area contributed by atoms with Crippen LogP contribution in [0.3, 0.4) is 0 Å². The molecule has 248 valence electrons. The third-order valence-electron chi connectivity index (χ3n) is 7.40. The molecular formula is C33H24F6N8Pt. The normalized spacial score (nSPS) is 12.2. The summed E-state index contributed by atoms with van der Waals surface area (Å²) in [5.74, 6) is 0.0837. The Morgan fingerprint density at radius 1 is 0.542 bits per heavy atom. The zero-order chi connectivity index (χ0) is 33.7. The zero-order valence-electron chi connectivity index (χ0n) is 25.6. The number of aryl methyl sites for hydroxylation is 2. The molecule has 15 heteroatoms. The van der Waals surface area contributed by atoms with Gasteiger partial charge in [-0.25, -0.2) is 0 Å². The van der Waals surface area contributed by atoms with Crippen LogP contribution in [-0.4, -0.2) is 39.5 Å². The van der Waals surface area contributed by atoms with Gasteiger partial charge < -0.3 is 9.36 Å². The second-order valence-corrected chi connectivity index (χ2v) is 11.2. The van der Waals surface area contributed by atoms with Gasteiger partial charge in [-0.1, -0.05) is 36.7 Å². The third kappa shape index (κ3) is 6.80. The third-order valence-corrected chi connectivity index (χ3v) is 7.40. The van der Waals surface area contributed by atoms with E-state index in [-0.39, 0.29) is 32.7 Å². The van der Waals surface area contributed by atoms with Crippen LogP contribution in [0.4, 0.5) is 26.3 Å². The Labute approximate surface area is 285 Å². The first kappa shape index (κ1) is 34.6. The van der Waals surface area contributed by atoms with Crippen molar-refractivity contribution in [3.05, 3.63) is 119 Å². The first-order valence-corrected chi connectivity index (χ1v) is 14.1. The number of alkyl halides is 6. The largest absolute Gasteiger partial charge is 2.00 e. The zero-order valence-corrected chi connectivity index (χ0v) is 27.9. The first-order valence-electron chi connectivity index (χ1n) is 14.1. The number of nitrogens with zero attached hydrogens (tertiary/aromatic N) is 8. The topological polar surface area (TPSA) is 87.2 Å². The quantitative estimate of drug-likeness (QED) is 0.127. The fourth-order valence-corrected chi connectivity index (χ4v) is 4.90. The molecule has 6 aromatic rings. The number of halogens is 6. The second kappa shape index (κ2) is 12.7. The van der Waals surface area contributed by atoms with Crippen LogP contribution < -0.4 is 0 Å². The first-order chi connectivity index (χ1) is 22.1. The molecule has 0 spiro atoms. The van der Waals surface area contributed by atoms with Crippen LogP contribution in [0, 0.1) is 26.2 Å². The minimum atomic E-state index is -4.70. The average Bonchev–Trinajstić information content (AvgIpc) is 3.72. The molecule has 0 aliphatic rings. The number of hydrogen-bond acceptors (Lipinski definition) is 6. The molecule has 0 fully saturated rings. The Bertz CT molecular complexity index is 1950. The van der Waals surface area contributed by atoms with Crippen molar-refractivity contribution < 1.29 is 47.4 Å². The molecule has 0 radical (unpaired) electrons. The van der Waals surface area contributed by atoms with Crippen molar-refractivity contribution in [2.24, 2.45) is 0 Å². The van der Waals surface area contributed by atoms with Crippen molar-refractivity contribution in [2.45, 2.75) is 45.5 Å². The van der Waals surface area contributed by atoms with Crippen molar-refractivity contribution in [1.29, 1.82) is 0 Å². The van der Waals surface area contributed by atoms with E-state index in [0.717, 1.165) is 21.5 Å². The van der Waals surface area contributed by atoms with Crippen LogP contribution in [0.25, 0.3) is 34.2 Å². The van der Waals surface area contributed by atoms with Gasteiger partial charge in [0.15, 0.2) is 0 Å². The molecule has 48 heavy (non-hydrogen) atoms.